The maximum atomic E-state index is 6.16. The number of ether oxygens (including phenoxy) is 1. The lowest BCUT2D eigenvalue weighted by molar-refractivity contribution is 0.415. The molecule has 0 fully saturated rings. The van der Waals surface area contributed by atoms with E-state index in [4.69, 9.17) is 26.5 Å². The van der Waals surface area contributed by atoms with E-state index in [9.17, 15) is 0 Å². The Bertz CT molecular complexity index is 792. The summed E-state index contributed by atoms with van der Waals surface area (Å²) in [6.07, 6.45) is 0. The molecule has 2 heterocycles. The average Bonchev–Trinajstić information content (AvgIpc) is 3.04. The van der Waals surface area contributed by atoms with Crippen molar-refractivity contribution in [3.63, 3.8) is 0 Å². The topological polar surface area (TPSA) is 66.2 Å². The summed E-state index contributed by atoms with van der Waals surface area (Å²) >= 11 is 5.85. The van der Waals surface area contributed by atoms with Gasteiger partial charge in [-0.05, 0) is 41.4 Å². The van der Waals surface area contributed by atoms with Crippen LogP contribution in [0.1, 0.15) is 0 Å². The van der Waals surface area contributed by atoms with E-state index >= 15 is 0 Å². The third-order valence-electron chi connectivity index (χ3n) is 3.26. The number of anilines is 1. The summed E-state index contributed by atoms with van der Waals surface area (Å²) in [5.74, 6) is 1.87. The van der Waals surface area contributed by atoms with Crippen molar-refractivity contribution in [3.05, 3.63) is 41.6 Å². The fourth-order valence-electron chi connectivity index (χ4n) is 2.21. The summed E-state index contributed by atoms with van der Waals surface area (Å²) in [5, 5.41) is 4.74. The summed E-state index contributed by atoms with van der Waals surface area (Å²) in [6, 6.07) is 11.1. The fraction of sp³-hybridized carbons (Fsp3) is 0.133. The number of methoxy groups -OCH3 is 1. The molecule has 2 aromatic heterocycles. The standard InChI is InChI=1S/C15H14ClN3O2/c1-19-15(17)13(9-4-3-5-10(8-9)20-2)14(18-19)11-6-7-12(16)21-11/h3-8H,17H2,1-2H3. The second-order valence-electron chi connectivity index (χ2n) is 4.57. The predicted octanol–water partition coefficient (Wildman–Crippen LogP) is 3.59. The van der Waals surface area contributed by atoms with E-state index < -0.39 is 0 Å². The van der Waals surface area contributed by atoms with Gasteiger partial charge in [0, 0.05) is 7.05 Å². The molecule has 0 saturated carbocycles. The van der Waals surface area contributed by atoms with Crippen LogP contribution >= 0.6 is 11.6 Å². The van der Waals surface area contributed by atoms with E-state index in [0.717, 1.165) is 16.9 Å². The maximum Gasteiger partial charge on any atom is 0.194 e. The third-order valence-corrected chi connectivity index (χ3v) is 3.46. The number of rotatable bonds is 3. The Kier molecular flexibility index (Phi) is 3.35. The zero-order valence-corrected chi connectivity index (χ0v) is 12.4. The monoisotopic (exact) mass is 303 g/mol. The molecule has 0 spiro atoms. The molecule has 3 aromatic rings. The van der Waals surface area contributed by atoms with Gasteiger partial charge < -0.3 is 14.9 Å². The van der Waals surface area contributed by atoms with E-state index in [1.807, 2.05) is 24.3 Å². The highest BCUT2D eigenvalue weighted by molar-refractivity contribution is 6.29. The molecule has 6 heteroatoms. The number of nitrogens with zero attached hydrogens (tertiary/aromatic N) is 2. The number of furan rings is 1. The summed E-state index contributed by atoms with van der Waals surface area (Å²) in [7, 11) is 3.41. The lowest BCUT2D eigenvalue weighted by Gasteiger charge is -2.05. The van der Waals surface area contributed by atoms with Crippen molar-refractivity contribution in [2.24, 2.45) is 7.05 Å². The van der Waals surface area contributed by atoms with Crippen molar-refractivity contribution in [3.8, 4) is 28.3 Å². The van der Waals surface area contributed by atoms with Crippen LogP contribution in [0.25, 0.3) is 22.6 Å². The Hall–Kier alpha value is -2.40. The first kappa shape index (κ1) is 13.6. The van der Waals surface area contributed by atoms with E-state index in [0.29, 0.717) is 22.5 Å². The summed E-state index contributed by atoms with van der Waals surface area (Å²) in [5.41, 5.74) is 8.50. The first-order chi connectivity index (χ1) is 10.1. The second kappa shape index (κ2) is 5.18. The summed E-state index contributed by atoms with van der Waals surface area (Å²) < 4.78 is 12.3. The first-order valence-corrected chi connectivity index (χ1v) is 6.70. The van der Waals surface area contributed by atoms with Crippen LogP contribution in [0, 0.1) is 0 Å². The minimum absolute atomic E-state index is 0.311. The molecular formula is C15H14ClN3O2. The Morgan fingerprint density at radius 2 is 2.10 bits per heavy atom. The number of halogens is 1. The molecule has 0 bridgehead atoms. The quantitative estimate of drug-likeness (QED) is 0.803. The molecule has 0 unspecified atom stereocenters. The van der Waals surface area contributed by atoms with Crippen LogP contribution in [0.2, 0.25) is 5.22 Å². The van der Waals surface area contributed by atoms with Gasteiger partial charge in [0.15, 0.2) is 11.0 Å². The van der Waals surface area contributed by atoms with E-state index in [-0.39, 0.29) is 0 Å². The number of nitrogen functional groups attached to an aromatic ring is 1. The van der Waals surface area contributed by atoms with Gasteiger partial charge in [-0.25, -0.2) is 0 Å². The van der Waals surface area contributed by atoms with Crippen LogP contribution in [0.5, 0.6) is 5.75 Å². The lowest BCUT2D eigenvalue weighted by atomic mass is 10.0. The molecule has 0 aliphatic rings. The van der Waals surface area contributed by atoms with E-state index in [2.05, 4.69) is 5.10 Å². The zero-order valence-electron chi connectivity index (χ0n) is 11.6. The van der Waals surface area contributed by atoms with Crippen LogP contribution in [0.3, 0.4) is 0 Å². The fourth-order valence-corrected chi connectivity index (χ4v) is 2.36. The molecule has 0 radical (unpaired) electrons. The van der Waals surface area contributed by atoms with Crippen molar-refractivity contribution < 1.29 is 9.15 Å². The Labute approximate surface area is 126 Å². The Balaban J connectivity index is 2.21. The minimum Gasteiger partial charge on any atom is -0.497 e. The van der Waals surface area contributed by atoms with Gasteiger partial charge in [0.05, 0.1) is 12.7 Å². The average molecular weight is 304 g/mol. The number of hydrogen-bond donors (Lipinski definition) is 1. The highest BCUT2D eigenvalue weighted by atomic mass is 35.5. The van der Waals surface area contributed by atoms with Gasteiger partial charge >= 0.3 is 0 Å². The van der Waals surface area contributed by atoms with Crippen LogP contribution in [-0.4, -0.2) is 16.9 Å². The molecule has 0 amide bonds. The molecule has 1 aromatic carbocycles. The van der Waals surface area contributed by atoms with Crippen molar-refractivity contribution >= 4 is 17.4 Å². The van der Waals surface area contributed by atoms with Gasteiger partial charge in [0.25, 0.3) is 0 Å². The molecule has 0 aliphatic carbocycles. The lowest BCUT2D eigenvalue weighted by Crippen LogP contribution is -1.98. The first-order valence-electron chi connectivity index (χ1n) is 6.32. The van der Waals surface area contributed by atoms with Crippen LogP contribution in [-0.2, 0) is 7.05 Å². The van der Waals surface area contributed by atoms with Gasteiger partial charge in [0.2, 0.25) is 0 Å². The molecule has 21 heavy (non-hydrogen) atoms. The molecule has 0 atom stereocenters. The highest BCUT2D eigenvalue weighted by Gasteiger charge is 2.20. The molecular weight excluding hydrogens is 290 g/mol. The number of benzene rings is 1. The van der Waals surface area contributed by atoms with Gasteiger partial charge in [0.1, 0.15) is 17.3 Å². The van der Waals surface area contributed by atoms with Crippen LogP contribution in [0.15, 0.2) is 40.8 Å². The maximum absolute atomic E-state index is 6.16. The number of aromatic nitrogens is 2. The molecule has 0 saturated heterocycles. The van der Waals surface area contributed by atoms with Gasteiger partial charge in [-0.2, -0.15) is 5.10 Å². The van der Waals surface area contributed by atoms with Crippen molar-refractivity contribution in [1.29, 1.82) is 0 Å². The minimum atomic E-state index is 0.311. The zero-order chi connectivity index (χ0) is 15.0. The summed E-state index contributed by atoms with van der Waals surface area (Å²) in [6.45, 7) is 0. The van der Waals surface area contributed by atoms with Crippen LogP contribution in [0.4, 0.5) is 5.82 Å². The SMILES string of the molecule is COc1cccc(-c2c(-c3ccc(Cl)o3)nn(C)c2N)c1. The molecule has 3 rings (SSSR count). The molecule has 108 valence electrons. The molecule has 0 aliphatic heterocycles. The predicted molar refractivity (Wildman–Crippen MR) is 82.3 cm³/mol. The van der Waals surface area contributed by atoms with Crippen molar-refractivity contribution in [1.82, 2.24) is 9.78 Å². The molecule has 5 nitrogen and oxygen atoms in total. The largest absolute Gasteiger partial charge is 0.497 e. The van der Waals surface area contributed by atoms with Crippen molar-refractivity contribution in [2.45, 2.75) is 0 Å². The third kappa shape index (κ3) is 2.36. The highest BCUT2D eigenvalue weighted by Crippen LogP contribution is 2.38. The number of aryl methyl sites for hydroxylation is 1. The van der Waals surface area contributed by atoms with Gasteiger partial charge in [-0.1, -0.05) is 12.1 Å². The second-order valence-corrected chi connectivity index (χ2v) is 4.94. The Morgan fingerprint density at radius 1 is 1.29 bits per heavy atom. The van der Waals surface area contributed by atoms with Gasteiger partial charge in [-0.15, -0.1) is 0 Å². The molecule has 2 N–H and O–H groups in total. The number of hydrogen-bond acceptors (Lipinski definition) is 4. The van der Waals surface area contributed by atoms with Gasteiger partial charge in [-0.3, -0.25) is 4.68 Å². The smallest absolute Gasteiger partial charge is 0.194 e. The van der Waals surface area contributed by atoms with Crippen molar-refractivity contribution in [2.75, 3.05) is 12.8 Å². The Morgan fingerprint density at radius 3 is 2.76 bits per heavy atom. The van der Waals surface area contributed by atoms with E-state index in [1.165, 1.54) is 0 Å². The number of nitrogens with two attached hydrogens (primary N) is 1. The normalized spacial score (nSPS) is 10.8. The van der Waals surface area contributed by atoms with E-state index in [1.54, 1.807) is 31.0 Å². The van der Waals surface area contributed by atoms with Crippen LogP contribution < -0.4 is 10.5 Å². The summed E-state index contributed by atoms with van der Waals surface area (Å²) in [4.78, 5) is 0.